The van der Waals surface area contributed by atoms with Crippen LogP contribution in [-0.2, 0) is 0 Å². The van der Waals surface area contributed by atoms with Gasteiger partial charge in [-0.3, -0.25) is 0 Å². The first-order valence-corrected chi connectivity index (χ1v) is 10.8. The van der Waals surface area contributed by atoms with E-state index in [4.69, 9.17) is 0 Å². The van der Waals surface area contributed by atoms with Crippen molar-refractivity contribution in [2.75, 3.05) is 5.32 Å². The van der Waals surface area contributed by atoms with Crippen LogP contribution in [0, 0.1) is 23.2 Å². The van der Waals surface area contributed by atoms with E-state index >= 15 is 0 Å². The number of nitrogens with one attached hydrogen (secondary N) is 2. The molecule has 4 bridgehead atoms. The second kappa shape index (κ2) is 6.95. The Morgan fingerprint density at radius 1 is 0.857 bits per heavy atom. The fourth-order valence-corrected chi connectivity index (χ4v) is 6.60. The lowest BCUT2D eigenvalue weighted by Gasteiger charge is -2.59. The Morgan fingerprint density at radius 3 is 1.96 bits per heavy atom. The number of hydrogen-bond acceptors (Lipinski definition) is 1. The van der Waals surface area contributed by atoms with Crippen LogP contribution in [0.4, 0.5) is 10.5 Å². The van der Waals surface area contributed by atoms with Crippen molar-refractivity contribution in [2.24, 2.45) is 23.2 Å². The largest absolute Gasteiger partial charge is 0.335 e. The minimum absolute atomic E-state index is 0.0734. The van der Waals surface area contributed by atoms with E-state index in [2.05, 4.69) is 41.8 Å². The van der Waals surface area contributed by atoms with Gasteiger partial charge < -0.3 is 10.6 Å². The Bertz CT molecular complexity index is 807. The number of benzene rings is 2. The molecule has 0 spiro atoms. The molecule has 2 aromatic carbocycles. The first-order chi connectivity index (χ1) is 13.6. The molecule has 2 aromatic rings. The molecule has 0 aromatic heterocycles. The van der Waals surface area contributed by atoms with Crippen LogP contribution in [0.3, 0.4) is 0 Å². The second-order valence-corrected chi connectivity index (χ2v) is 9.54. The van der Waals surface area contributed by atoms with E-state index in [1.54, 1.807) is 0 Å². The first kappa shape index (κ1) is 17.8. The smallest absolute Gasteiger partial charge is 0.319 e. The van der Waals surface area contributed by atoms with Crippen LogP contribution in [0.15, 0.2) is 54.6 Å². The van der Waals surface area contributed by atoms with Crippen molar-refractivity contribution in [3.63, 3.8) is 0 Å². The molecule has 4 aliphatic rings. The van der Waals surface area contributed by atoms with Crippen molar-refractivity contribution >= 4 is 11.7 Å². The highest BCUT2D eigenvalue weighted by atomic mass is 16.2. The highest BCUT2D eigenvalue weighted by Crippen LogP contribution is 2.61. The molecule has 28 heavy (non-hydrogen) atoms. The topological polar surface area (TPSA) is 41.1 Å². The molecular formula is C25H30N2O. The van der Waals surface area contributed by atoms with Crippen LogP contribution in [0.1, 0.15) is 45.4 Å². The molecule has 2 N–H and O–H groups in total. The van der Waals surface area contributed by atoms with Crippen molar-refractivity contribution < 1.29 is 4.79 Å². The Kier molecular flexibility index (Phi) is 4.41. The van der Waals surface area contributed by atoms with Gasteiger partial charge >= 0.3 is 6.03 Å². The molecule has 4 fully saturated rings. The standard InChI is InChI=1S/C25H30N2O/c1-17(25-14-18-11-19(15-25)13-20(12-18)16-25)26-24(28)27-23-9-7-22(8-10-23)21-5-3-2-4-6-21/h2-10,17-20H,11-16H2,1H3,(H2,26,27,28). The Labute approximate surface area is 167 Å². The molecule has 0 saturated heterocycles. The molecule has 0 aliphatic heterocycles. The monoisotopic (exact) mass is 374 g/mol. The maximum atomic E-state index is 12.6. The molecule has 3 nitrogen and oxygen atoms in total. The summed E-state index contributed by atoms with van der Waals surface area (Å²) in [5, 5.41) is 6.32. The average molecular weight is 375 g/mol. The molecule has 146 valence electrons. The van der Waals surface area contributed by atoms with Crippen LogP contribution in [-0.4, -0.2) is 12.1 Å². The summed E-state index contributed by atoms with van der Waals surface area (Å²) in [7, 11) is 0. The van der Waals surface area contributed by atoms with Gasteiger partial charge in [0.15, 0.2) is 0 Å². The Hall–Kier alpha value is -2.29. The van der Waals surface area contributed by atoms with E-state index in [-0.39, 0.29) is 12.1 Å². The summed E-state index contributed by atoms with van der Waals surface area (Å²) < 4.78 is 0. The fourth-order valence-electron chi connectivity index (χ4n) is 6.60. The highest BCUT2D eigenvalue weighted by molar-refractivity contribution is 5.89. The molecular weight excluding hydrogens is 344 g/mol. The van der Waals surface area contributed by atoms with Gasteiger partial charge in [0.25, 0.3) is 0 Å². The molecule has 3 heteroatoms. The minimum atomic E-state index is -0.0734. The summed E-state index contributed by atoms with van der Waals surface area (Å²) in [4.78, 5) is 12.6. The third-order valence-corrected chi connectivity index (χ3v) is 7.60. The van der Waals surface area contributed by atoms with E-state index in [0.717, 1.165) is 29.0 Å². The van der Waals surface area contributed by atoms with Crippen molar-refractivity contribution in [2.45, 2.75) is 51.5 Å². The number of hydrogen-bond donors (Lipinski definition) is 2. The predicted molar refractivity (Wildman–Crippen MR) is 114 cm³/mol. The maximum Gasteiger partial charge on any atom is 0.319 e. The zero-order chi connectivity index (χ0) is 19.1. The van der Waals surface area contributed by atoms with Gasteiger partial charge in [-0.1, -0.05) is 42.5 Å². The third-order valence-electron chi connectivity index (χ3n) is 7.60. The first-order valence-electron chi connectivity index (χ1n) is 10.8. The summed E-state index contributed by atoms with van der Waals surface area (Å²) in [6.07, 6.45) is 8.24. The summed E-state index contributed by atoms with van der Waals surface area (Å²) in [5.41, 5.74) is 3.53. The summed E-state index contributed by atoms with van der Waals surface area (Å²) in [6.45, 7) is 2.23. The Balaban J connectivity index is 1.22. The van der Waals surface area contributed by atoms with E-state index in [0.29, 0.717) is 5.41 Å². The number of amides is 2. The number of carbonyl (C=O) groups is 1. The van der Waals surface area contributed by atoms with E-state index < -0.39 is 0 Å². The van der Waals surface area contributed by atoms with Crippen LogP contribution in [0.25, 0.3) is 11.1 Å². The molecule has 0 heterocycles. The SMILES string of the molecule is CC(NC(=O)Nc1ccc(-c2ccccc2)cc1)C12CC3CC(CC(C3)C1)C2. The van der Waals surface area contributed by atoms with Gasteiger partial charge in [-0.05, 0) is 91.9 Å². The van der Waals surface area contributed by atoms with Gasteiger partial charge in [0.05, 0.1) is 0 Å². The predicted octanol–water partition coefficient (Wildman–Crippen LogP) is 6.08. The lowest BCUT2D eigenvalue weighted by atomic mass is 9.48. The third kappa shape index (κ3) is 3.32. The van der Waals surface area contributed by atoms with Crippen molar-refractivity contribution in [3.8, 4) is 11.1 Å². The second-order valence-electron chi connectivity index (χ2n) is 9.54. The fraction of sp³-hybridized carbons (Fsp3) is 0.480. The van der Waals surface area contributed by atoms with E-state index in [1.807, 2.05) is 30.3 Å². The molecule has 6 rings (SSSR count). The van der Waals surface area contributed by atoms with Gasteiger partial charge in [0.2, 0.25) is 0 Å². The van der Waals surface area contributed by atoms with Crippen LogP contribution >= 0.6 is 0 Å². The van der Waals surface area contributed by atoms with Gasteiger partial charge in [-0.15, -0.1) is 0 Å². The van der Waals surface area contributed by atoms with Crippen LogP contribution in [0.2, 0.25) is 0 Å². The number of anilines is 1. The van der Waals surface area contributed by atoms with Crippen LogP contribution in [0.5, 0.6) is 0 Å². The number of carbonyl (C=O) groups excluding carboxylic acids is 1. The van der Waals surface area contributed by atoms with Crippen molar-refractivity contribution in [3.05, 3.63) is 54.6 Å². The van der Waals surface area contributed by atoms with Gasteiger partial charge in [0.1, 0.15) is 0 Å². The highest BCUT2D eigenvalue weighted by Gasteiger charge is 2.53. The lowest BCUT2D eigenvalue weighted by molar-refractivity contribution is -0.0679. The molecule has 4 saturated carbocycles. The quantitative estimate of drug-likeness (QED) is 0.669. The molecule has 0 radical (unpaired) electrons. The average Bonchev–Trinajstić information content (AvgIpc) is 2.68. The summed E-state index contributed by atoms with van der Waals surface area (Å²) in [6, 6.07) is 18.6. The molecule has 1 unspecified atom stereocenters. The Morgan fingerprint density at radius 2 is 1.39 bits per heavy atom. The maximum absolute atomic E-state index is 12.6. The molecule has 2 amide bonds. The van der Waals surface area contributed by atoms with E-state index in [9.17, 15) is 4.79 Å². The zero-order valence-corrected chi connectivity index (χ0v) is 16.7. The minimum Gasteiger partial charge on any atom is -0.335 e. The van der Waals surface area contributed by atoms with Crippen LogP contribution < -0.4 is 10.6 Å². The normalized spacial score (nSPS) is 31.4. The van der Waals surface area contributed by atoms with Gasteiger partial charge in [-0.2, -0.15) is 0 Å². The van der Waals surface area contributed by atoms with E-state index in [1.165, 1.54) is 44.1 Å². The number of urea groups is 1. The lowest BCUT2D eigenvalue weighted by Crippen LogP contribution is -2.56. The number of rotatable bonds is 4. The summed E-state index contributed by atoms with van der Waals surface area (Å²) in [5.74, 6) is 2.72. The molecule has 1 atom stereocenters. The zero-order valence-electron chi connectivity index (χ0n) is 16.7. The van der Waals surface area contributed by atoms with Gasteiger partial charge in [0, 0.05) is 11.7 Å². The summed E-state index contributed by atoms with van der Waals surface area (Å²) >= 11 is 0. The van der Waals surface area contributed by atoms with Crippen molar-refractivity contribution in [1.29, 1.82) is 0 Å². The van der Waals surface area contributed by atoms with Gasteiger partial charge in [-0.25, -0.2) is 4.79 Å². The van der Waals surface area contributed by atoms with Crippen molar-refractivity contribution in [1.82, 2.24) is 5.32 Å². The molecule has 4 aliphatic carbocycles.